The SMILES string of the molecule is C[C@@H]1CCCN(CCNc2ccc(S(N)(=O)=O)cc2C#N)C1. The lowest BCUT2D eigenvalue weighted by molar-refractivity contribution is 0.190. The van der Waals surface area contributed by atoms with Gasteiger partial charge in [0.2, 0.25) is 10.0 Å². The number of nitriles is 1. The zero-order valence-corrected chi connectivity index (χ0v) is 13.6. The van der Waals surface area contributed by atoms with Crippen LogP contribution >= 0.6 is 0 Å². The molecule has 0 bridgehead atoms. The summed E-state index contributed by atoms with van der Waals surface area (Å²) in [5, 5.41) is 17.4. The van der Waals surface area contributed by atoms with E-state index >= 15 is 0 Å². The van der Waals surface area contributed by atoms with Crippen LogP contribution < -0.4 is 10.5 Å². The average molecular weight is 322 g/mol. The fraction of sp³-hybridized carbons (Fsp3) is 0.533. The number of sulfonamides is 1. The van der Waals surface area contributed by atoms with Gasteiger partial charge < -0.3 is 10.2 Å². The number of likely N-dealkylation sites (tertiary alicyclic amines) is 1. The minimum absolute atomic E-state index is 0.0422. The van der Waals surface area contributed by atoms with E-state index in [1.54, 1.807) is 6.07 Å². The van der Waals surface area contributed by atoms with Crippen LogP contribution in [0.2, 0.25) is 0 Å². The van der Waals surface area contributed by atoms with Gasteiger partial charge in [0.1, 0.15) is 6.07 Å². The third-order valence-electron chi connectivity index (χ3n) is 3.92. The highest BCUT2D eigenvalue weighted by atomic mass is 32.2. The van der Waals surface area contributed by atoms with Crippen molar-refractivity contribution in [1.82, 2.24) is 4.90 Å². The molecule has 1 fully saturated rings. The Balaban J connectivity index is 1.97. The molecule has 6 nitrogen and oxygen atoms in total. The van der Waals surface area contributed by atoms with Crippen molar-refractivity contribution >= 4 is 15.7 Å². The van der Waals surface area contributed by atoms with Gasteiger partial charge in [-0.1, -0.05) is 6.92 Å². The van der Waals surface area contributed by atoms with Crippen molar-refractivity contribution in [2.24, 2.45) is 11.1 Å². The summed E-state index contributed by atoms with van der Waals surface area (Å²) < 4.78 is 22.6. The van der Waals surface area contributed by atoms with Gasteiger partial charge >= 0.3 is 0 Å². The number of nitrogens with one attached hydrogen (secondary N) is 1. The molecule has 0 unspecified atom stereocenters. The third-order valence-corrected chi connectivity index (χ3v) is 4.84. The molecule has 0 aliphatic carbocycles. The largest absolute Gasteiger partial charge is 0.383 e. The third kappa shape index (κ3) is 4.44. The number of hydrogen-bond donors (Lipinski definition) is 2. The van der Waals surface area contributed by atoms with E-state index < -0.39 is 10.0 Å². The Morgan fingerprint density at radius 1 is 1.50 bits per heavy atom. The van der Waals surface area contributed by atoms with Gasteiger partial charge in [-0.3, -0.25) is 0 Å². The lowest BCUT2D eigenvalue weighted by Gasteiger charge is -2.30. The number of piperidine rings is 1. The Morgan fingerprint density at radius 2 is 2.27 bits per heavy atom. The lowest BCUT2D eigenvalue weighted by Crippen LogP contribution is -2.37. The van der Waals surface area contributed by atoms with E-state index in [0.717, 1.165) is 32.1 Å². The van der Waals surface area contributed by atoms with Gasteiger partial charge in [-0.2, -0.15) is 5.26 Å². The van der Waals surface area contributed by atoms with Crippen LogP contribution in [0.3, 0.4) is 0 Å². The highest BCUT2D eigenvalue weighted by molar-refractivity contribution is 7.89. The van der Waals surface area contributed by atoms with Crippen LogP contribution in [0.1, 0.15) is 25.3 Å². The summed E-state index contributed by atoms with van der Waals surface area (Å²) >= 11 is 0. The quantitative estimate of drug-likeness (QED) is 0.852. The van der Waals surface area contributed by atoms with Crippen molar-refractivity contribution in [3.8, 4) is 6.07 Å². The molecule has 1 aliphatic heterocycles. The molecule has 3 N–H and O–H groups in total. The molecule has 1 aromatic carbocycles. The predicted molar refractivity (Wildman–Crippen MR) is 85.9 cm³/mol. The minimum Gasteiger partial charge on any atom is -0.383 e. The van der Waals surface area contributed by atoms with E-state index in [1.807, 2.05) is 6.07 Å². The second-order valence-corrected chi connectivity index (χ2v) is 7.40. The molecule has 1 heterocycles. The van der Waals surface area contributed by atoms with Gasteiger partial charge in [0.15, 0.2) is 0 Å². The second kappa shape index (κ2) is 7.09. The molecule has 0 aromatic heterocycles. The molecule has 7 heteroatoms. The van der Waals surface area contributed by atoms with Crippen LogP contribution in [0.15, 0.2) is 23.1 Å². The van der Waals surface area contributed by atoms with Gasteiger partial charge in [0.05, 0.1) is 16.1 Å². The Hall–Kier alpha value is -1.62. The molecular formula is C15H22N4O2S. The van der Waals surface area contributed by atoms with Gasteiger partial charge in [-0.25, -0.2) is 13.6 Å². The van der Waals surface area contributed by atoms with Crippen molar-refractivity contribution in [2.75, 3.05) is 31.5 Å². The van der Waals surface area contributed by atoms with Crippen molar-refractivity contribution in [3.63, 3.8) is 0 Å². The molecule has 0 saturated carbocycles. The zero-order valence-electron chi connectivity index (χ0n) is 12.7. The Kier molecular flexibility index (Phi) is 5.40. The summed E-state index contributed by atoms with van der Waals surface area (Å²) in [6, 6.07) is 6.33. The van der Waals surface area contributed by atoms with E-state index in [9.17, 15) is 8.42 Å². The van der Waals surface area contributed by atoms with Gasteiger partial charge in [-0.15, -0.1) is 0 Å². The van der Waals surface area contributed by atoms with Crippen LogP contribution in [0.25, 0.3) is 0 Å². The molecule has 0 amide bonds. The molecule has 1 saturated heterocycles. The second-order valence-electron chi connectivity index (χ2n) is 5.84. The Bertz CT molecular complexity index is 667. The minimum atomic E-state index is -3.78. The maximum atomic E-state index is 11.3. The molecule has 0 radical (unpaired) electrons. The van der Waals surface area contributed by atoms with Crippen LogP contribution in [0.5, 0.6) is 0 Å². The lowest BCUT2D eigenvalue weighted by atomic mass is 10.0. The van der Waals surface area contributed by atoms with E-state index in [4.69, 9.17) is 10.4 Å². The maximum Gasteiger partial charge on any atom is 0.238 e. The highest BCUT2D eigenvalue weighted by Gasteiger charge is 2.16. The first kappa shape index (κ1) is 16.7. The van der Waals surface area contributed by atoms with Crippen molar-refractivity contribution in [3.05, 3.63) is 23.8 Å². The molecule has 2 rings (SSSR count). The number of benzene rings is 1. The fourth-order valence-electron chi connectivity index (χ4n) is 2.79. The summed E-state index contributed by atoms with van der Waals surface area (Å²) in [5.41, 5.74) is 0.929. The van der Waals surface area contributed by atoms with E-state index in [1.165, 1.54) is 25.0 Å². The van der Waals surface area contributed by atoms with Crippen molar-refractivity contribution in [2.45, 2.75) is 24.7 Å². The highest BCUT2D eigenvalue weighted by Crippen LogP contribution is 2.19. The molecule has 22 heavy (non-hydrogen) atoms. The maximum absolute atomic E-state index is 11.3. The number of primary sulfonamides is 1. The van der Waals surface area contributed by atoms with E-state index in [0.29, 0.717) is 11.3 Å². The first-order valence-electron chi connectivity index (χ1n) is 7.43. The van der Waals surface area contributed by atoms with Crippen LogP contribution in [-0.2, 0) is 10.0 Å². The van der Waals surface area contributed by atoms with Crippen LogP contribution in [-0.4, -0.2) is 39.5 Å². The fourth-order valence-corrected chi connectivity index (χ4v) is 3.33. The molecule has 0 spiro atoms. The average Bonchev–Trinajstić information content (AvgIpc) is 2.46. The molecule has 120 valence electrons. The van der Waals surface area contributed by atoms with E-state index in [-0.39, 0.29) is 4.90 Å². The smallest absolute Gasteiger partial charge is 0.238 e. The van der Waals surface area contributed by atoms with Crippen LogP contribution in [0.4, 0.5) is 5.69 Å². The summed E-state index contributed by atoms with van der Waals surface area (Å²) in [6.07, 6.45) is 2.52. The summed E-state index contributed by atoms with van der Waals surface area (Å²) in [5.74, 6) is 0.734. The molecule has 1 atom stereocenters. The van der Waals surface area contributed by atoms with Crippen LogP contribution in [0, 0.1) is 17.2 Å². The van der Waals surface area contributed by atoms with Gasteiger partial charge in [0, 0.05) is 19.6 Å². The predicted octanol–water partition coefficient (Wildman–Crippen LogP) is 1.35. The number of nitrogens with two attached hydrogens (primary N) is 1. The van der Waals surface area contributed by atoms with E-state index in [2.05, 4.69) is 17.1 Å². The molecular weight excluding hydrogens is 300 g/mol. The van der Waals surface area contributed by atoms with Crippen molar-refractivity contribution in [1.29, 1.82) is 5.26 Å². The topological polar surface area (TPSA) is 99.2 Å². The number of nitrogens with zero attached hydrogens (tertiary/aromatic N) is 2. The van der Waals surface area contributed by atoms with Gasteiger partial charge in [-0.05, 0) is 43.5 Å². The van der Waals surface area contributed by atoms with Gasteiger partial charge in [0.25, 0.3) is 0 Å². The standard InChI is InChI=1S/C15H22N4O2S/c1-12-3-2-7-19(11-12)8-6-18-15-5-4-14(22(17,20)21)9-13(15)10-16/h4-5,9,12,18H,2-3,6-8,11H2,1H3,(H2,17,20,21)/t12-/m1/s1. The molecule has 1 aliphatic rings. The first-order chi connectivity index (χ1) is 10.4. The Morgan fingerprint density at radius 3 is 2.91 bits per heavy atom. The number of rotatable bonds is 5. The first-order valence-corrected chi connectivity index (χ1v) is 8.98. The normalized spacial score (nSPS) is 19.6. The number of hydrogen-bond acceptors (Lipinski definition) is 5. The summed E-state index contributed by atoms with van der Waals surface area (Å²) in [7, 11) is -3.78. The summed E-state index contributed by atoms with van der Waals surface area (Å²) in [4.78, 5) is 2.37. The number of anilines is 1. The summed E-state index contributed by atoms with van der Waals surface area (Å²) in [6.45, 7) is 6.11. The molecule has 1 aromatic rings. The monoisotopic (exact) mass is 322 g/mol. The zero-order chi connectivity index (χ0) is 16.2. The Labute approximate surface area is 132 Å². The van der Waals surface area contributed by atoms with Crippen molar-refractivity contribution < 1.29 is 8.42 Å².